The number of benzene rings is 1. The van der Waals surface area contributed by atoms with Gasteiger partial charge in [-0.2, -0.15) is 0 Å². The lowest BCUT2D eigenvalue weighted by atomic mass is 10.1. The molecule has 1 heterocycles. The molecule has 5 heteroatoms. The van der Waals surface area contributed by atoms with Crippen LogP contribution in [0, 0.1) is 5.41 Å². The largest absolute Gasteiger partial charge is 0.383 e. The zero-order chi connectivity index (χ0) is 13.7. The highest BCUT2D eigenvalue weighted by Gasteiger charge is 2.13. The Kier molecular flexibility index (Phi) is 4.65. The number of thiazole rings is 1. The molecule has 2 rings (SSSR count). The summed E-state index contributed by atoms with van der Waals surface area (Å²) in [6.45, 7) is 0.400. The zero-order valence-corrected chi connectivity index (χ0v) is 11.7. The van der Waals surface area contributed by atoms with E-state index in [0.717, 1.165) is 28.4 Å². The predicted molar refractivity (Wildman–Crippen MR) is 77.7 cm³/mol. The molecule has 0 atom stereocenters. The number of nitrogens with one attached hydrogen (secondary N) is 1. The van der Waals surface area contributed by atoms with E-state index in [9.17, 15) is 0 Å². The fourth-order valence-electron chi connectivity index (χ4n) is 1.85. The van der Waals surface area contributed by atoms with Crippen molar-refractivity contribution in [2.45, 2.75) is 19.4 Å². The third-order valence-corrected chi connectivity index (χ3v) is 3.93. The number of aryl methyl sites for hydroxylation is 2. The van der Waals surface area contributed by atoms with E-state index in [1.54, 1.807) is 7.11 Å². The van der Waals surface area contributed by atoms with Crippen LogP contribution in [0.15, 0.2) is 30.3 Å². The second-order valence-corrected chi connectivity index (χ2v) is 5.30. The second kappa shape index (κ2) is 6.45. The quantitative estimate of drug-likeness (QED) is 0.628. The highest BCUT2D eigenvalue weighted by molar-refractivity contribution is 7.13. The van der Waals surface area contributed by atoms with Crippen molar-refractivity contribution in [1.29, 1.82) is 5.41 Å². The van der Waals surface area contributed by atoms with Crippen LogP contribution in [0.5, 0.6) is 0 Å². The SMILES string of the molecule is COCc1nc(CCc2ccccc2)sc1C(=N)N. The van der Waals surface area contributed by atoms with Gasteiger partial charge in [0.15, 0.2) is 0 Å². The average Bonchev–Trinajstić information content (AvgIpc) is 2.81. The molecule has 0 saturated heterocycles. The molecule has 0 spiro atoms. The molecule has 0 bridgehead atoms. The van der Waals surface area contributed by atoms with Gasteiger partial charge in [-0.05, 0) is 12.0 Å². The molecule has 0 aliphatic heterocycles. The van der Waals surface area contributed by atoms with Gasteiger partial charge in [-0.25, -0.2) is 4.98 Å². The Morgan fingerprint density at radius 3 is 2.68 bits per heavy atom. The summed E-state index contributed by atoms with van der Waals surface area (Å²) < 4.78 is 5.09. The van der Waals surface area contributed by atoms with E-state index in [1.807, 2.05) is 18.2 Å². The number of ether oxygens (including phenoxy) is 1. The molecule has 4 nitrogen and oxygen atoms in total. The topological polar surface area (TPSA) is 72.0 Å². The molecule has 0 fully saturated rings. The van der Waals surface area contributed by atoms with Gasteiger partial charge >= 0.3 is 0 Å². The van der Waals surface area contributed by atoms with Crippen molar-refractivity contribution >= 4 is 17.2 Å². The minimum absolute atomic E-state index is 0.0653. The normalized spacial score (nSPS) is 10.6. The third-order valence-electron chi connectivity index (χ3n) is 2.74. The number of nitrogen functional groups attached to an aromatic ring is 1. The smallest absolute Gasteiger partial charge is 0.135 e. The van der Waals surface area contributed by atoms with E-state index in [2.05, 4.69) is 17.1 Å². The minimum Gasteiger partial charge on any atom is -0.383 e. The summed E-state index contributed by atoms with van der Waals surface area (Å²) >= 11 is 1.49. The second-order valence-electron chi connectivity index (χ2n) is 4.22. The van der Waals surface area contributed by atoms with Gasteiger partial charge in [0.2, 0.25) is 0 Å². The molecule has 1 aromatic heterocycles. The van der Waals surface area contributed by atoms with Crippen molar-refractivity contribution in [3.8, 4) is 0 Å². The van der Waals surface area contributed by atoms with Gasteiger partial charge in [-0.15, -0.1) is 11.3 Å². The van der Waals surface area contributed by atoms with Crippen LogP contribution in [0.4, 0.5) is 0 Å². The van der Waals surface area contributed by atoms with Crippen LogP contribution in [-0.4, -0.2) is 17.9 Å². The van der Waals surface area contributed by atoms with E-state index in [-0.39, 0.29) is 5.84 Å². The van der Waals surface area contributed by atoms with Crippen LogP contribution >= 0.6 is 11.3 Å². The van der Waals surface area contributed by atoms with Crippen molar-refractivity contribution < 1.29 is 4.74 Å². The standard InChI is InChI=1S/C14H17N3OS/c1-18-9-11-13(14(15)16)19-12(17-11)8-7-10-5-3-2-4-6-10/h2-6H,7-9H2,1H3,(H3,15,16). The van der Waals surface area contributed by atoms with E-state index in [4.69, 9.17) is 15.9 Å². The number of rotatable bonds is 6. The number of hydrogen-bond acceptors (Lipinski definition) is 4. The molecule has 0 aliphatic rings. The maximum absolute atomic E-state index is 7.56. The first-order valence-electron chi connectivity index (χ1n) is 6.06. The average molecular weight is 275 g/mol. The zero-order valence-electron chi connectivity index (χ0n) is 10.8. The van der Waals surface area contributed by atoms with Gasteiger partial charge in [-0.3, -0.25) is 5.41 Å². The van der Waals surface area contributed by atoms with Crippen molar-refractivity contribution in [3.05, 3.63) is 51.5 Å². The van der Waals surface area contributed by atoms with E-state index >= 15 is 0 Å². The Bertz CT molecular complexity index is 551. The summed E-state index contributed by atoms with van der Waals surface area (Å²) in [6.07, 6.45) is 1.80. The number of amidine groups is 1. The third kappa shape index (κ3) is 3.62. The Morgan fingerprint density at radius 1 is 1.32 bits per heavy atom. The van der Waals surface area contributed by atoms with Gasteiger partial charge in [0, 0.05) is 13.5 Å². The minimum atomic E-state index is 0.0653. The molecular weight excluding hydrogens is 258 g/mol. The summed E-state index contributed by atoms with van der Waals surface area (Å²) in [6, 6.07) is 10.3. The Labute approximate surface area is 116 Å². The first kappa shape index (κ1) is 13.7. The summed E-state index contributed by atoms with van der Waals surface area (Å²) in [5.74, 6) is 0.0653. The highest BCUT2D eigenvalue weighted by atomic mass is 32.1. The molecule has 100 valence electrons. The molecule has 2 aromatic rings. The lowest BCUT2D eigenvalue weighted by Gasteiger charge is -1.98. The van der Waals surface area contributed by atoms with Crippen molar-refractivity contribution in [2.75, 3.05) is 7.11 Å². The molecule has 0 unspecified atom stereocenters. The predicted octanol–water partition coefficient (Wildman–Crippen LogP) is 2.36. The number of aromatic nitrogens is 1. The summed E-state index contributed by atoms with van der Waals surface area (Å²) in [5, 5.41) is 8.56. The van der Waals surface area contributed by atoms with Gasteiger partial charge in [0.05, 0.1) is 22.2 Å². The molecular formula is C14H17N3OS. The van der Waals surface area contributed by atoms with Crippen LogP contribution in [0.25, 0.3) is 0 Å². The van der Waals surface area contributed by atoms with Crippen LogP contribution in [0.2, 0.25) is 0 Å². The Morgan fingerprint density at radius 2 is 2.05 bits per heavy atom. The molecule has 0 radical (unpaired) electrons. The number of nitrogens with two attached hydrogens (primary N) is 1. The van der Waals surface area contributed by atoms with Gasteiger partial charge in [0.25, 0.3) is 0 Å². The molecule has 19 heavy (non-hydrogen) atoms. The lowest BCUT2D eigenvalue weighted by molar-refractivity contribution is 0.181. The van der Waals surface area contributed by atoms with Gasteiger partial charge in [-0.1, -0.05) is 30.3 Å². The van der Waals surface area contributed by atoms with E-state index in [0.29, 0.717) is 6.61 Å². The number of nitrogens with zero attached hydrogens (tertiary/aromatic N) is 1. The maximum Gasteiger partial charge on any atom is 0.135 e. The molecule has 1 aromatic carbocycles. The van der Waals surface area contributed by atoms with Gasteiger partial charge in [0.1, 0.15) is 5.84 Å². The maximum atomic E-state index is 7.56. The van der Waals surface area contributed by atoms with Crippen molar-refractivity contribution in [1.82, 2.24) is 4.98 Å². The Hall–Kier alpha value is -1.72. The summed E-state index contributed by atoms with van der Waals surface area (Å²) in [4.78, 5) is 5.24. The van der Waals surface area contributed by atoms with Crippen LogP contribution in [0.3, 0.4) is 0 Å². The monoisotopic (exact) mass is 275 g/mol. The molecule has 0 saturated carbocycles. The number of methoxy groups -OCH3 is 1. The fraction of sp³-hybridized carbons (Fsp3) is 0.286. The van der Waals surface area contributed by atoms with Crippen LogP contribution in [0.1, 0.15) is 21.1 Å². The molecule has 0 amide bonds. The molecule has 3 N–H and O–H groups in total. The van der Waals surface area contributed by atoms with Crippen molar-refractivity contribution in [2.24, 2.45) is 5.73 Å². The molecule has 0 aliphatic carbocycles. The van der Waals surface area contributed by atoms with Crippen molar-refractivity contribution in [3.63, 3.8) is 0 Å². The van der Waals surface area contributed by atoms with E-state index < -0.39 is 0 Å². The summed E-state index contributed by atoms with van der Waals surface area (Å²) in [7, 11) is 1.62. The highest BCUT2D eigenvalue weighted by Crippen LogP contribution is 2.20. The Balaban J connectivity index is 2.08. The first-order chi connectivity index (χ1) is 9.20. The van der Waals surface area contributed by atoms with Gasteiger partial charge < -0.3 is 10.5 Å². The lowest BCUT2D eigenvalue weighted by Crippen LogP contribution is -2.11. The number of hydrogen-bond donors (Lipinski definition) is 2. The fourth-order valence-corrected chi connectivity index (χ4v) is 2.78. The van der Waals surface area contributed by atoms with Crippen LogP contribution in [-0.2, 0) is 24.2 Å². The van der Waals surface area contributed by atoms with E-state index in [1.165, 1.54) is 16.9 Å². The van der Waals surface area contributed by atoms with Crippen LogP contribution < -0.4 is 5.73 Å². The summed E-state index contributed by atoms with van der Waals surface area (Å²) in [5.41, 5.74) is 7.62. The first-order valence-corrected chi connectivity index (χ1v) is 6.88.